The van der Waals surface area contributed by atoms with Crippen LogP contribution in [-0.2, 0) is 6.54 Å². The van der Waals surface area contributed by atoms with Gasteiger partial charge in [0.25, 0.3) is 5.91 Å². The van der Waals surface area contributed by atoms with E-state index < -0.39 is 10.8 Å². The van der Waals surface area contributed by atoms with Crippen molar-refractivity contribution in [2.75, 3.05) is 0 Å². The lowest BCUT2D eigenvalue weighted by molar-refractivity contribution is -0.390. The summed E-state index contributed by atoms with van der Waals surface area (Å²) in [5.74, 6) is -0.733. The van der Waals surface area contributed by atoms with Crippen molar-refractivity contribution in [2.45, 2.75) is 13.5 Å². The third-order valence-corrected chi connectivity index (χ3v) is 3.50. The van der Waals surface area contributed by atoms with Crippen molar-refractivity contribution in [3.8, 4) is 0 Å². The number of nitrogens with zero attached hydrogens (tertiary/aromatic N) is 5. The minimum Gasteiger partial charge on any atom is -0.358 e. The smallest absolute Gasteiger partial charge is 0.358 e. The third-order valence-electron chi connectivity index (χ3n) is 2.38. The zero-order chi connectivity index (χ0) is 14.2. The van der Waals surface area contributed by atoms with E-state index >= 15 is 0 Å². The van der Waals surface area contributed by atoms with E-state index in [-0.39, 0.29) is 16.8 Å². The molecule has 0 atom stereocenters. The summed E-state index contributed by atoms with van der Waals surface area (Å²) in [4.78, 5) is 22.0. The average molecular weight is 349 g/mol. The first-order valence-corrected chi connectivity index (χ1v) is 6.18. The van der Waals surface area contributed by atoms with Crippen LogP contribution in [0.15, 0.2) is 16.9 Å². The van der Waals surface area contributed by atoms with E-state index in [9.17, 15) is 14.9 Å². The highest BCUT2D eigenvalue weighted by molar-refractivity contribution is 9.10. The predicted molar refractivity (Wildman–Crippen MR) is 69.2 cm³/mol. The summed E-state index contributed by atoms with van der Waals surface area (Å²) in [7, 11) is 0. The van der Waals surface area contributed by atoms with Gasteiger partial charge < -0.3 is 10.1 Å². The number of rotatable bonds is 3. The van der Waals surface area contributed by atoms with E-state index in [1.54, 1.807) is 6.92 Å². The van der Waals surface area contributed by atoms with Gasteiger partial charge in [0.2, 0.25) is 0 Å². The topological polar surface area (TPSA) is 95.9 Å². The van der Waals surface area contributed by atoms with Gasteiger partial charge in [-0.1, -0.05) is 11.6 Å². The number of hydrogen-bond acceptors (Lipinski definition) is 5. The molecular weight excluding hydrogens is 341 g/mol. The molecule has 0 N–H and O–H groups in total. The van der Waals surface area contributed by atoms with Crippen molar-refractivity contribution < 1.29 is 9.72 Å². The van der Waals surface area contributed by atoms with Crippen molar-refractivity contribution in [1.29, 1.82) is 0 Å². The Balaban J connectivity index is 2.27. The first kappa shape index (κ1) is 13.7. The molecule has 2 aromatic rings. The Morgan fingerprint density at radius 3 is 2.79 bits per heavy atom. The zero-order valence-corrected chi connectivity index (χ0v) is 11.9. The molecule has 0 bridgehead atoms. The van der Waals surface area contributed by atoms with Crippen LogP contribution in [0.3, 0.4) is 0 Å². The molecule has 0 aromatic carbocycles. The molecule has 19 heavy (non-hydrogen) atoms. The van der Waals surface area contributed by atoms with E-state index in [2.05, 4.69) is 26.1 Å². The Morgan fingerprint density at radius 2 is 2.32 bits per heavy atom. The van der Waals surface area contributed by atoms with Crippen molar-refractivity contribution >= 4 is 39.3 Å². The van der Waals surface area contributed by atoms with Gasteiger partial charge in [-0.05, 0) is 27.8 Å². The van der Waals surface area contributed by atoms with Gasteiger partial charge in [-0.25, -0.2) is 4.68 Å². The highest BCUT2D eigenvalue weighted by Crippen LogP contribution is 2.26. The molecular formula is C9H7BrClN5O3. The first-order chi connectivity index (χ1) is 8.90. The maximum absolute atomic E-state index is 11.9. The molecule has 0 fully saturated rings. The molecule has 0 amide bonds. The molecule has 10 heteroatoms. The number of carbonyl (C=O) groups is 1. The van der Waals surface area contributed by atoms with Crippen LogP contribution in [0.2, 0.25) is 5.02 Å². The Hall–Kier alpha value is -1.74. The summed E-state index contributed by atoms with van der Waals surface area (Å²) < 4.78 is 2.55. The lowest BCUT2D eigenvalue weighted by atomic mass is 10.4. The fourth-order valence-electron chi connectivity index (χ4n) is 1.42. The van der Waals surface area contributed by atoms with E-state index in [1.165, 1.54) is 17.1 Å². The number of nitro groups is 1. The third kappa shape index (κ3) is 2.66. The standard InChI is InChI=1S/C9H7BrClN5O3/c1-5-8(10)9(16(18)19)13-14(5)4-7(17)15-3-6(11)2-12-15/h2-3H,4H2,1H3. The molecule has 0 saturated carbocycles. The van der Waals surface area contributed by atoms with Gasteiger partial charge in [0.05, 0.1) is 28.2 Å². The van der Waals surface area contributed by atoms with Crippen LogP contribution in [0.1, 0.15) is 10.5 Å². The Labute approximate surface area is 120 Å². The normalized spacial score (nSPS) is 10.7. The van der Waals surface area contributed by atoms with Gasteiger partial charge in [0.1, 0.15) is 11.0 Å². The number of hydrogen-bond donors (Lipinski definition) is 0. The van der Waals surface area contributed by atoms with Crippen LogP contribution in [0.25, 0.3) is 0 Å². The zero-order valence-electron chi connectivity index (χ0n) is 9.58. The van der Waals surface area contributed by atoms with Gasteiger partial charge in [-0.15, -0.1) is 0 Å². The van der Waals surface area contributed by atoms with Gasteiger partial charge >= 0.3 is 5.82 Å². The van der Waals surface area contributed by atoms with Crippen LogP contribution in [0, 0.1) is 17.0 Å². The molecule has 100 valence electrons. The average Bonchev–Trinajstić information content (AvgIpc) is 2.88. The minimum absolute atomic E-state index is 0.170. The molecule has 2 aromatic heterocycles. The molecule has 0 saturated heterocycles. The molecule has 0 radical (unpaired) electrons. The highest BCUT2D eigenvalue weighted by Gasteiger charge is 2.25. The fourth-order valence-corrected chi connectivity index (χ4v) is 1.98. The Kier molecular flexibility index (Phi) is 3.67. The van der Waals surface area contributed by atoms with Crippen molar-refractivity contribution in [3.63, 3.8) is 0 Å². The van der Waals surface area contributed by atoms with Crippen molar-refractivity contribution in [2.24, 2.45) is 0 Å². The minimum atomic E-state index is -0.622. The Morgan fingerprint density at radius 1 is 1.63 bits per heavy atom. The monoisotopic (exact) mass is 347 g/mol. The lowest BCUT2D eigenvalue weighted by Gasteiger charge is -1.99. The van der Waals surface area contributed by atoms with Gasteiger partial charge in [0, 0.05) is 0 Å². The van der Waals surface area contributed by atoms with Crippen LogP contribution >= 0.6 is 27.5 Å². The molecule has 2 heterocycles. The summed E-state index contributed by atoms with van der Waals surface area (Å²) in [6, 6.07) is 0. The lowest BCUT2D eigenvalue weighted by Crippen LogP contribution is -2.19. The quantitative estimate of drug-likeness (QED) is 0.625. The highest BCUT2D eigenvalue weighted by atomic mass is 79.9. The van der Waals surface area contributed by atoms with E-state index in [0.29, 0.717) is 10.7 Å². The van der Waals surface area contributed by atoms with Gasteiger partial charge in [-0.2, -0.15) is 9.78 Å². The first-order valence-electron chi connectivity index (χ1n) is 5.01. The molecule has 0 spiro atoms. The molecule has 0 aliphatic heterocycles. The summed E-state index contributed by atoms with van der Waals surface area (Å²) in [5, 5.41) is 18.6. The largest absolute Gasteiger partial charge is 0.404 e. The van der Waals surface area contributed by atoms with Crippen LogP contribution < -0.4 is 0 Å². The second-order valence-electron chi connectivity index (χ2n) is 3.63. The van der Waals surface area contributed by atoms with Crippen LogP contribution in [-0.4, -0.2) is 30.4 Å². The molecule has 0 aliphatic carbocycles. The molecule has 0 aliphatic rings. The maximum Gasteiger partial charge on any atom is 0.404 e. The fraction of sp³-hybridized carbons (Fsp3) is 0.222. The van der Waals surface area contributed by atoms with Crippen LogP contribution in [0.4, 0.5) is 5.82 Å². The Bertz CT molecular complexity index is 665. The van der Waals surface area contributed by atoms with Gasteiger partial charge in [0.15, 0.2) is 0 Å². The predicted octanol–water partition coefficient (Wildman–Crippen LogP) is 2.05. The summed E-state index contributed by atoms with van der Waals surface area (Å²) >= 11 is 8.73. The number of carbonyl (C=O) groups excluding carboxylic acids is 1. The van der Waals surface area contributed by atoms with E-state index in [1.807, 2.05) is 0 Å². The second kappa shape index (κ2) is 5.10. The van der Waals surface area contributed by atoms with E-state index in [4.69, 9.17) is 11.6 Å². The molecule has 8 nitrogen and oxygen atoms in total. The van der Waals surface area contributed by atoms with Crippen LogP contribution in [0.5, 0.6) is 0 Å². The van der Waals surface area contributed by atoms with Crippen molar-refractivity contribution in [3.05, 3.63) is 37.7 Å². The summed E-state index contributed by atoms with van der Waals surface area (Å²) in [5.41, 5.74) is 0.485. The number of halogens is 2. The van der Waals surface area contributed by atoms with Crippen molar-refractivity contribution in [1.82, 2.24) is 19.6 Å². The second-order valence-corrected chi connectivity index (χ2v) is 4.86. The maximum atomic E-state index is 11.9. The summed E-state index contributed by atoms with van der Waals surface area (Å²) in [6.07, 6.45) is 2.68. The number of aromatic nitrogens is 4. The molecule has 0 unspecified atom stereocenters. The summed E-state index contributed by atoms with van der Waals surface area (Å²) in [6.45, 7) is 1.45. The van der Waals surface area contributed by atoms with Gasteiger partial charge in [-0.3, -0.25) is 4.79 Å². The molecule has 2 rings (SSSR count). The SMILES string of the molecule is Cc1c(Br)c([N+](=O)[O-])nn1CC(=O)n1cc(Cl)cn1. The van der Waals surface area contributed by atoms with E-state index in [0.717, 1.165) is 4.68 Å².